The Morgan fingerprint density at radius 1 is 1.00 bits per heavy atom. The first-order chi connectivity index (χ1) is 11.5. The van der Waals surface area contributed by atoms with Gasteiger partial charge in [0.15, 0.2) is 5.75 Å². The van der Waals surface area contributed by atoms with E-state index in [9.17, 15) is 26.4 Å². The normalized spacial score (nSPS) is 12.2. The van der Waals surface area contributed by atoms with Gasteiger partial charge in [0.05, 0.1) is 6.10 Å². The third-order valence-electron chi connectivity index (χ3n) is 2.85. The highest BCUT2D eigenvalue weighted by Crippen LogP contribution is 2.36. The molecular weight excluding hydrogens is 365 g/mol. The number of hydrogen-bond donors (Lipinski definition) is 0. The molecule has 0 atom stereocenters. The van der Waals surface area contributed by atoms with E-state index in [-0.39, 0.29) is 16.5 Å². The zero-order valence-corrected chi connectivity index (χ0v) is 13.8. The number of carbonyl (C=O) groups is 1. The molecule has 136 valence electrons. The fraction of sp³-hybridized carbons (Fsp3) is 0.267. The first kappa shape index (κ1) is 18.8. The summed E-state index contributed by atoms with van der Waals surface area (Å²) in [6.45, 7) is 3.22. The summed E-state index contributed by atoms with van der Waals surface area (Å²) in [5.41, 5.74) is -5.57. The quantitative estimate of drug-likeness (QED) is 0.346. The Kier molecular flexibility index (Phi) is 5.12. The molecule has 0 radical (unpaired) electrons. The molecule has 0 heterocycles. The second-order valence-corrected chi connectivity index (χ2v) is 6.65. The molecule has 0 saturated heterocycles. The van der Waals surface area contributed by atoms with Gasteiger partial charge in [-0.05, 0) is 26.0 Å². The number of carbonyl (C=O) groups excluding carboxylic acids is 1. The summed E-state index contributed by atoms with van der Waals surface area (Å²) in [6.07, 6.45) is -1.44. The number of benzene rings is 2. The van der Waals surface area contributed by atoms with Crippen LogP contribution in [0, 0.1) is 0 Å². The molecule has 0 aliphatic rings. The lowest BCUT2D eigenvalue weighted by Gasteiger charge is -2.14. The highest BCUT2D eigenvalue weighted by molar-refractivity contribution is 7.88. The largest absolute Gasteiger partial charge is 0.534 e. The van der Waals surface area contributed by atoms with Crippen LogP contribution in [0.1, 0.15) is 13.8 Å². The summed E-state index contributed by atoms with van der Waals surface area (Å²) in [5.74, 6) is -0.560. The zero-order valence-electron chi connectivity index (χ0n) is 13.0. The van der Waals surface area contributed by atoms with Gasteiger partial charge in [-0.1, -0.05) is 24.3 Å². The summed E-state index contributed by atoms with van der Waals surface area (Å²) in [5, 5.41) is 0.197. The Labute approximate surface area is 141 Å². The molecule has 0 aromatic heterocycles. The molecule has 6 nitrogen and oxygen atoms in total. The molecule has 0 aliphatic carbocycles. The number of rotatable bonds is 4. The summed E-state index contributed by atoms with van der Waals surface area (Å²) < 4.78 is 73.9. The van der Waals surface area contributed by atoms with Crippen LogP contribution in [-0.4, -0.2) is 26.2 Å². The minimum absolute atomic E-state index is 0.0157. The van der Waals surface area contributed by atoms with Gasteiger partial charge in [0.25, 0.3) is 0 Å². The van der Waals surface area contributed by atoms with Crippen LogP contribution in [0.25, 0.3) is 10.8 Å². The molecule has 2 aromatic carbocycles. The van der Waals surface area contributed by atoms with Crippen LogP contribution in [0.5, 0.6) is 11.5 Å². The average Bonchev–Trinajstić information content (AvgIpc) is 2.47. The van der Waals surface area contributed by atoms with Crippen molar-refractivity contribution >= 4 is 27.0 Å². The van der Waals surface area contributed by atoms with Gasteiger partial charge in [0, 0.05) is 10.8 Å². The van der Waals surface area contributed by atoms with Crippen molar-refractivity contribution in [2.24, 2.45) is 0 Å². The molecule has 0 amide bonds. The molecule has 0 spiro atoms. The van der Waals surface area contributed by atoms with Crippen LogP contribution in [0.2, 0.25) is 0 Å². The second-order valence-electron chi connectivity index (χ2n) is 5.11. The Morgan fingerprint density at radius 2 is 1.52 bits per heavy atom. The smallest absolute Gasteiger partial charge is 0.431 e. The lowest BCUT2D eigenvalue weighted by Crippen LogP contribution is -2.28. The van der Waals surface area contributed by atoms with Crippen LogP contribution in [-0.2, 0) is 14.9 Å². The van der Waals surface area contributed by atoms with Gasteiger partial charge in [0.2, 0.25) is 0 Å². The molecule has 0 bridgehead atoms. The van der Waals surface area contributed by atoms with Crippen molar-refractivity contribution in [2.45, 2.75) is 25.5 Å². The monoisotopic (exact) mass is 378 g/mol. The maximum Gasteiger partial charge on any atom is 0.534 e. The van der Waals surface area contributed by atoms with Crippen molar-refractivity contribution in [1.29, 1.82) is 0 Å². The topological polar surface area (TPSA) is 78.9 Å². The predicted molar refractivity (Wildman–Crippen MR) is 81.8 cm³/mol. The zero-order chi connectivity index (χ0) is 18.8. The molecule has 25 heavy (non-hydrogen) atoms. The first-order valence-corrected chi connectivity index (χ1v) is 8.33. The summed E-state index contributed by atoms with van der Waals surface area (Å²) >= 11 is 0. The lowest BCUT2D eigenvalue weighted by molar-refractivity contribution is -0.0499. The van der Waals surface area contributed by atoms with Crippen LogP contribution < -0.4 is 8.92 Å². The van der Waals surface area contributed by atoms with E-state index in [0.717, 1.165) is 12.1 Å². The fourth-order valence-corrected chi connectivity index (χ4v) is 2.35. The van der Waals surface area contributed by atoms with Gasteiger partial charge >= 0.3 is 21.8 Å². The molecular formula is C15H13F3O6S. The third-order valence-corrected chi connectivity index (χ3v) is 3.82. The van der Waals surface area contributed by atoms with Crippen molar-refractivity contribution < 1.29 is 40.0 Å². The van der Waals surface area contributed by atoms with E-state index in [1.165, 1.54) is 24.3 Å². The molecule has 0 aliphatic heterocycles. The SMILES string of the molecule is CC(C)OC(=O)Oc1ccc(OS(=O)(=O)C(F)(F)F)c2ccccc12. The predicted octanol–water partition coefficient (Wildman–Crippen LogP) is 3.99. The van der Waals surface area contributed by atoms with Crippen molar-refractivity contribution in [3.05, 3.63) is 36.4 Å². The van der Waals surface area contributed by atoms with Gasteiger partial charge in [0.1, 0.15) is 5.75 Å². The molecule has 0 fully saturated rings. The van der Waals surface area contributed by atoms with Crippen LogP contribution >= 0.6 is 0 Å². The van der Waals surface area contributed by atoms with E-state index in [2.05, 4.69) is 4.18 Å². The van der Waals surface area contributed by atoms with Gasteiger partial charge in [-0.25, -0.2) is 4.79 Å². The van der Waals surface area contributed by atoms with Crippen molar-refractivity contribution in [2.75, 3.05) is 0 Å². The maximum atomic E-state index is 12.5. The highest BCUT2D eigenvalue weighted by atomic mass is 32.2. The van der Waals surface area contributed by atoms with Crippen molar-refractivity contribution in [3.63, 3.8) is 0 Å². The number of halogens is 3. The Bertz CT molecular complexity index is 890. The first-order valence-electron chi connectivity index (χ1n) is 6.92. The van der Waals surface area contributed by atoms with Crippen LogP contribution in [0.4, 0.5) is 18.0 Å². The Hall–Kier alpha value is -2.49. The van der Waals surface area contributed by atoms with Crippen LogP contribution in [0.15, 0.2) is 36.4 Å². The average molecular weight is 378 g/mol. The Balaban J connectivity index is 2.44. The molecule has 0 unspecified atom stereocenters. The van der Waals surface area contributed by atoms with Gasteiger partial charge in [-0.2, -0.15) is 21.6 Å². The molecule has 2 aromatic rings. The molecule has 10 heteroatoms. The molecule has 2 rings (SSSR count). The van der Waals surface area contributed by atoms with Gasteiger partial charge in [-0.3, -0.25) is 0 Å². The van der Waals surface area contributed by atoms with Gasteiger partial charge < -0.3 is 13.7 Å². The maximum absolute atomic E-state index is 12.5. The second kappa shape index (κ2) is 6.79. The van der Waals surface area contributed by atoms with Gasteiger partial charge in [-0.15, -0.1) is 0 Å². The number of ether oxygens (including phenoxy) is 2. The van der Waals surface area contributed by atoms with E-state index >= 15 is 0 Å². The van der Waals surface area contributed by atoms with E-state index in [1.54, 1.807) is 13.8 Å². The summed E-state index contributed by atoms with van der Waals surface area (Å²) in [7, 11) is -5.83. The minimum Gasteiger partial charge on any atom is -0.431 e. The van der Waals surface area contributed by atoms with Crippen molar-refractivity contribution in [1.82, 2.24) is 0 Å². The number of alkyl halides is 3. The van der Waals surface area contributed by atoms with E-state index < -0.39 is 33.6 Å². The molecule has 0 N–H and O–H groups in total. The highest BCUT2D eigenvalue weighted by Gasteiger charge is 2.48. The lowest BCUT2D eigenvalue weighted by atomic mass is 10.1. The van der Waals surface area contributed by atoms with E-state index in [4.69, 9.17) is 9.47 Å². The number of hydrogen-bond acceptors (Lipinski definition) is 6. The third kappa shape index (κ3) is 4.32. The fourth-order valence-electron chi connectivity index (χ4n) is 1.88. The standard InChI is InChI=1S/C15H13F3O6S/c1-9(2)22-14(19)23-12-7-8-13(11-6-4-3-5-10(11)12)24-25(20,21)15(16,17)18/h3-9H,1-2H3. The Morgan fingerprint density at radius 3 is 2.04 bits per heavy atom. The van der Waals surface area contributed by atoms with E-state index in [1.807, 2.05) is 0 Å². The summed E-state index contributed by atoms with van der Waals surface area (Å²) in [4.78, 5) is 11.6. The minimum atomic E-state index is -5.83. The summed E-state index contributed by atoms with van der Waals surface area (Å²) in [6, 6.07) is 7.84. The molecule has 0 saturated carbocycles. The van der Waals surface area contributed by atoms with Crippen LogP contribution in [0.3, 0.4) is 0 Å². The van der Waals surface area contributed by atoms with E-state index in [0.29, 0.717) is 0 Å². The number of fused-ring (bicyclic) bond motifs is 1. The van der Waals surface area contributed by atoms with Crippen molar-refractivity contribution in [3.8, 4) is 11.5 Å².